The van der Waals surface area contributed by atoms with Crippen molar-refractivity contribution in [1.82, 2.24) is 5.32 Å². The number of rotatable bonds is 9. The Morgan fingerprint density at radius 1 is 1.36 bits per heavy atom. The van der Waals surface area contributed by atoms with Crippen LogP contribution in [-0.2, 0) is 19.1 Å². The van der Waals surface area contributed by atoms with Crippen LogP contribution in [0.5, 0.6) is 0 Å². The number of carbonyl (C=O) groups excluding carboxylic acids is 3. The molecule has 1 heterocycles. The van der Waals surface area contributed by atoms with Gasteiger partial charge in [-0.2, -0.15) is 11.8 Å². The Hall–Kier alpha value is -2.55. The van der Waals surface area contributed by atoms with Gasteiger partial charge in [0, 0.05) is 13.0 Å². The molecule has 1 aromatic rings. The highest BCUT2D eigenvalue weighted by Gasteiger charge is 2.37. The first-order chi connectivity index (χ1) is 13.4. The number of nitrogens with zero attached hydrogens (tertiary/aromatic N) is 1. The number of esters is 1. The average molecular weight is 408 g/mol. The molecule has 0 bridgehead atoms. The van der Waals surface area contributed by atoms with Crippen LogP contribution in [-0.4, -0.2) is 60.1 Å². The average Bonchev–Trinajstić information content (AvgIpc) is 3.08. The topological polar surface area (TPSA) is 113 Å². The highest BCUT2D eigenvalue weighted by Crippen LogP contribution is 2.28. The number of carboxylic acids is 1. The van der Waals surface area contributed by atoms with Gasteiger partial charge in [0.2, 0.25) is 11.8 Å². The van der Waals surface area contributed by atoms with E-state index < -0.39 is 29.8 Å². The summed E-state index contributed by atoms with van der Waals surface area (Å²) in [5, 5.41) is 11.9. The van der Waals surface area contributed by atoms with Gasteiger partial charge in [0.15, 0.2) is 0 Å². The zero-order valence-electron chi connectivity index (χ0n) is 15.8. The monoisotopic (exact) mass is 408 g/mol. The van der Waals surface area contributed by atoms with Crippen LogP contribution < -0.4 is 10.2 Å². The zero-order chi connectivity index (χ0) is 20.7. The van der Waals surface area contributed by atoms with E-state index >= 15 is 0 Å². The van der Waals surface area contributed by atoms with E-state index in [9.17, 15) is 24.3 Å². The van der Waals surface area contributed by atoms with E-state index in [1.165, 1.54) is 12.0 Å². The van der Waals surface area contributed by atoms with Crippen molar-refractivity contribution in [3.05, 3.63) is 29.8 Å². The number of methoxy groups -OCH3 is 1. The molecule has 0 spiro atoms. The molecular formula is C19H24N2O6S. The van der Waals surface area contributed by atoms with E-state index in [4.69, 9.17) is 4.74 Å². The van der Waals surface area contributed by atoms with Gasteiger partial charge in [-0.15, -0.1) is 0 Å². The van der Waals surface area contributed by atoms with Crippen molar-refractivity contribution < 1.29 is 29.0 Å². The van der Waals surface area contributed by atoms with Crippen molar-refractivity contribution in [2.75, 3.05) is 30.1 Å². The summed E-state index contributed by atoms with van der Waals surface area (Å²) < 4.78 is 4.75. The lowest BCUT2D eigenvalue weighted by Crippen LogP contribution is -2.44. The zero-order valence-corrected chi connectivity index (χ0v) is 16.7. The van der Waals surface area contributed by atoms with Crippen LogP contribution >= 0.6 is 11.8 Å². The normalized spacial score (nSPS) is 17.3. The van der Waals surface area contributed by atoms with Gasteiger partial charge >= 0.3 is 11.9 Å². The summed E-state index contributed by atoms with van der Waals surface area (Å²) in [5.41, 5.74) is 0.614. The fourth-order valence-corrected chi connectivity index (χ4v) is 3.69. The lowest BCUT2D eigenvalue weighted by atomic mass is 10.1. The highest BCUT2D eigenvalue weighted by molar-refractivity contribution is 7.99. The van der Waals surface area contributed by atoms with Gasteiger partial charge in [-0.3, -0.25) is 9.59 Å². The second kappa shape index (κ2) is 10.1. The molecule has 1 aliphatic heterocycles. The first kappa shape index (κ1) is 21.7. The fraction of sp³-hybridized carbons (Fsp3) is 0.474. The molecule has 1 saturated heterocycles. The van der Waals surface area contributed by atoms with Gasteiger partial charge in [-0.25, -0.2) is 9.59 Å². The summed E-state index contributed by atoms with van der Waals surface area (Å²) in [7, 11) is 1.25. The minimum Gasteiger partial charge on any atom is -0.480 e. The number of para-hydroxylation sites is 1. The van der Waals surface area contributed by atoms with Crippen LogP contribution in [0.4, 0.5) is 5.69 Å². The summed E-state index contributed by atoms with van der Waals surface area (Å²) in [5.74, 6) is -1.64. The van der Waals surface area contributed by atoms with Crippen molar-refractivity contribution in [3.8, 4) is 0 Å². The third-order valence-corrected chi connectivity index (χ3v) is 5.40. The maximum atomic E-state index is 12.5. The minimum absolute atomic E-state index is 0.0443. The molecule has 28 heavy (non-hydrogen) atoms. The number of anilines is 1. The van der Waals surface area contributed by atoms with Gasteiger partial charge in [0.05, 0.1) is 24.3 Å². The Balaban J connectivity index is 2.09. The van der Waals surface area contributed by atoms with E-state index in [0.29, 0.717) is 17.9 Å². The standard InChI is InChI=1S/C19H24N2O6S/c1-3-28-9-8-14(18(24)25)20-17(23)12-10-16(22)21(11-12)15-7-5-4-6-13(15)19(26)27-2/h4-7,12,14H,3,8-11H2,1-2H3,(H,20,23)(H,24,25). The van der Waals surface area contributed by atoms with Crippen LogP contribution in [0.25, 0.3) is 0 Å². The predicted molar refractivity (Wildman–Crippen MR) is 105 cm³/mol. The second-order valence-corrected chi connectivity index (χ2v) is 7.69. The lowest BCUT2D eigenvalue weighted by Gasteiger charge is -2.20. The fourth-order valence-electron chi connectivity index (χ4n) is 3.00. The molecule has 2 amide bonds. The van der Waals surface area contributed by atoms with E-state index in [1.807, 2.05) is 6.92 Å². The first-order valence-corrected chi connectivity index (χ1v) is 10.1. The van der Waals surface area contributed by atoms with E-state index in [1.54, 1.807) is 36.0 Å². The van der Waals surface area contributed by atoms with Crippen LogP contribution in [0.3, 0.4) is 0 Å². The SMILES string of the molecule is CCSCCC(NC(=O)C1CC(=O)N(c2ccccc2C(=O)OC)C1)C(=O)O. The van der Waals surface area contributed by atoms with Crippen LogP contribution in [0, 0.1) is 5.92 Å². The Labute approximate surface area is 167 Å². The molecule has 1 fully saturated rings. The number of carboxylic acid groups (broad SMARTS) is 1. The summed E-state index contributed by atoms with van der Waals surface area (Å²) in [6, 6.07) is 5.53. The molecule has 152 valence electrons. The van der Waals surface area contributed by atoms with Crippen molar-refractivity contribution in [3.63, 3.8) is 0 Å². The molecule has 2 atom stereocenters. The minimum atomic E-state index is -1.10. The van der Waals surface area contributed by atoms with Gasteiger partial charge < -0.3 is 20.1 Å². The quantitative estimate of drug-likeness (QED) is 0.471. The number of hydrogen-bond donors (Lipinski definition) is 2. The molecular weight excluding hydrogens is 384 g/mol. The van der Waals surface area contributed by atoms with Gasteiger partial charge in [0.25, 0.3) is 0 Å². The van der Waals surface area contributed by atoms with E-state index in [-0.39, 0.29) is 24.4 Å². The molecule has 2 rings (SSSR count). The first-order valence-electron chi connectivity index (χ1n) is 8.97. The highest BCUT2D eigenvalue weighted by atomic mass is 32.2. The summed E-state index contributed by atoms with van der Waals surface area (Å²) in [6.07, 6.45) is 0.270. The van der Waals surface area contributed by atoms with Crippen LogP contribution in [0.2, 0.25) is 0 Å². The number of hydrogen-bond acceptors (Lipinski definition) is 6. The van der Waals surface area contributed by atoms with Gasteiger partial charge in [-0.1, -0.05) is 19.1 Å². The predicted octanol–water partition coefficient (Wildman–Crippen LogP) is 1.54. The molecule has 0 aliphatic carbocycles. The van der Waals surface area contributed by atoms with Crippen molar-refractivity contribution in [1.29, 1.82) is 0 Å². The molecule has 0 saturated carbocycles. The molecule has 8 nitrogen and oxygen atoms in total. The number of aliphatic carboxylic acids is 1. The second-order valence-electron chi connectivity index (χ2n) is 6.30. The number of benzene rings is 1. The maximum absolute atomic E-state index is 12.5. The van der Waals surface area contributed by atoms with Crippen LogP contribution in [0.1, 0.15) is 30.1 Å². The molecule has 9 heteroatoms. The number of carbonyl (C=O) groups is 4. The number of ether oxygens (including phenoxy) is 1. The third kappa shape index (κ3) is 5.25. The molecule has 0 radical (unpaired) electrons. The Morgan fingerprint density at radius 2 is 2.07 bits per heavy atom. The lowest BCUT2D eigenvalue weighted by molar-refractivity contribution is -0.142. The Morgan fingerprint density at radius 3 is 2.71 bits per heavy atom. The van der Waals surface area contributed by atoms with Crippen molar-refractivity contribution in [2.45, 2.75) is 25.8 Å². The molecule has 0 aromatic heterocycles. The Kier molecular flexibility index (Phi) is 7.86. The molecule has 1 aliphatic rings. The molecule has 1 aromatic carbocycles. The maximum Gasteiger partial charge on any atom is 0.339 e. The molecule has 2 unspecified atom stereocenters. The van der Waals surface area contributed by atoms with Crippen molar-refractivity contribution in [2.24, 2.45) is 5.92 Å². The van der Waals surface area contributed by atoms with Crippen LogP contribution in [0.15, 0.2) is 24.3 Å². The number of thioether (sulfide) groups is 1. The number of amides is 2. The van der Waals surface area contributed by atoms with Crippen molar-refractivity contribution >= 4 is 41.2 Å². The van der Waals surface area contributed by atoms with E-state index in [2.05, 4.69) is 5.32 Å². The van der Waals surface area contributed by atoms with Gasteiger partial charge in [0.1, 0.15) is 6.04 Å². The van der Waals surface area contributed by atoms with Gasteiger partial charge in [-0.05, 0) is 30.1 Å². The summed E-state index contributed by atoms with van der Waals surface area (Å²) in [4.78, 5) is 49.7. The largest absolute Gasteiger partial charge is 0.480 e. The molecule has 2 N–H and O–H groups in total. The summed E-state index contributed by atoms with van der Waals surface area (Å²) in [6.45, 7) is 2.05. The summed E-state index contributed by atoms with van der Waals surface area (Å²) >= 11 is 1.60. The smallest absolute Gasteiger partial charge is 0.339 e. The van der Waals surface area contributed by atoms with E-state index in [0.717, 1.165) is 5.75 Å². The Bertz CT molecular complexity index is 754. The number of nitrogens with one attached hydrogen (secondary N) is 1. The third-order valence-electron chi connectivity index (χ3n) is 4.47.